The number of hydrogen-bond acceptors (Lipinski definition) is 4. The predicted molar refractivity (Wildman–Crippen MR) is 118 cm³/mol. The number of nitrogens with zero attached hydrogens (tertiary/aromatic N) is 2. The summed E-state index contributed by atoms with van der Waals surface area (Å²) in [5.41, 5.74) is 1.73. The van der Waals surface area contributed by atoms with Crippen LogP contribution in [0.5, 0.6) is 0 Å². The number of benzene rings is 3. The van der Waals surface area contributed by atoms with Crippen LogP contribution in [-0.2, 0) is 28.8 Å². The zero-order valence-electron chi connectivity index (χ0n) is 17.0. The Morgan fingerprint density at radius 1 is 0.710 bits per heavy atom. The second kappa shape index (κ2) is 9.29. The fourth-order valence-electron chi connectivity index (χ4n) is 3.45. The Kier molecular flexibility index (Phi) is 6.31. The van der Waals surface area contributed by atoms with Crippen molar-refractivity contribution >= 4 is 19.0 Å². The van der Waals surface area contributed by atoms with E-state index in [1.165, 1.54) is 4.90 Å². The van der Waals surface area contributed by atoms with Crippen LogP contribution in [0.15, 0.2) is 91.0 Å². The van der Waals surface area contributed by atoms with Crippen molar-refractivity contribution in [3.63, 3.8) is 0 Å². The van der Waals surface area contributed by atoms with Crippen LogP contribution in [0.3, 0.4) is 0 Å². The maximum atomic E-state index is 13.7. The minimum absolute atomic E-state index is 0.0381. The van der Waals surface area contributed by atoms with Crippen LogP contribution in [-0.4, -0.2) is 27.8 Å². The molecule has 31 heavy (non-hydrogen) atoms. The molecule has 1 aliphatic rings. The van der Waals surface area contributed by atoms with E-state index in [0.717, 1.165) is 21.6 Å². The summed E-state index contributed by atoms with van der Waals surface area (Å²) in [4.78, 5) is 28.8. The Hall–Kier alpha value is -3.21. The monoisotopic (exact) mass is 434 g/mol. The zero-order valence-corrected chi connectivity index (χ0v) is 17.9. The molecule has 0 bridgehead atoms. The largest absolute Gasteiger partial charge is 0.328 e. The molecule has 4 rings (SSSR count). The Morgan fingerprint density at radius 3 is 1.74 bits per heavy atom. The van der Waals surface area contributed by atoms with Gasteiger partial charge in [-0.15, -0.1) is 0 Å². The molecule has 3 amide bonds. The number of urea groups is 1. The summed E-state index contributed by atoms with van der Waals surface area (Å²) in [5.74, 6) is 0. The summed E-state index contributed by atoms with van der Waals surface area (Å²) in [5, 5.41) is 0. The first kappa shape index (κ1) is 21.0. The van der Waals surface area contributed by atoms with Crippen LogP contribution < -0.4 is 0 Å². The zero-order chi connectivity index (χ0) is 21.7. The highest BCUT2D eigenvalue weighted by atomic mass is 31.2. The van der Waals surface area contributed by atoms with E-state index >= 15 is 0 Å². The molecule has 3 aromatic carbocycles. The first-order valence-corrected chi connectivity index (χ1v) is 11.8. The molecule has 1 atom stereocenters. The molecule has 6 nitrogen and oxygen atoms in total. The number of carbonyl (C=O) groups is 2. The summed E-state index contributed by atoms with van der Waals surface area (Å²) >= 11 is 0. The molecular formula is C24H23N2O4P. The molecule has 0 aliphatic carbocycles. The van der Waals surface area contributed by atoms with Crippen molar-refractivity contribution in [3.8, 4) is 0 Å². The van der Waals surface area contributed by atoms with Gasteiger partial charge in [0.05, 0.1) is 13.2 Å². The number of hydrogen-bond donors (Lipinski definition) is 0. The molecular weight excluding hydrogens is 411 g/mol. The smallest absolute Gasteiger partial charge is 0.316 e. The van der Waals surface area contributed by atoms with E-state index in [2.05, 4.69) is 0 Å². The Labute approximate surface area is 181 Å². The molecule has 1 aliphatic heterocycles. The Morgan fingerprint density at radius 2 is 1.19 bits per heavy atom. The van der Waals surface area contributed by atoms with E-state index < -0.39 is 19.0 Å². The second-order valence-electron chi connectivity index (χ2n) is 7.39. The average Bonchev–Trinajstić information content (AvgIpc) is 2.81. The SMILES string of the molecule is O=C1N(Cc2ccccc2)CP(=O)(OCc2ccccc2)C(=O)N1Cc1ccccc1. The lowest BCUT2D eigenvalue weighted by atomic mass is 10.2. The van der Waals surface area contributed by atoms with Crippen molar-refractivity contribution in [1.29, 1.82) is 0 Å². The molecule has 0 saturated carbocycles. The van der Waals surface area contributed by atoms with Gasteiger partial charge in [-0.1, -0.05) is 91.0 Å². The van der Waals surface area contributed by atoms with Gasteiger partial charge in [0, 0.05) is 6.54 Å². The molecule has 3 aromatic rings. The first-order valence-electron chi connectivity index (χ1n) is 10.0. The summed E-state index contributed by atoms with van der Waals surface area (Å²) < 4.78 is 19.4. The molecule has 1 heterocycles. The highest BCUT2D eigenvalue weighted by molar-refractivity contribution is 7.76. The second-order valence-corrected chi connectivity index (χ2v) is 9.66. The highest BCUT2D eigenvalue weighted by Crippen LogP contribution is 2.54. The van der Waals surface area contributed by atoms with Gasteiger partial charge in [-0.3, -0.25) is 14.3 Å². The molecule has 1 saturated heterocycles. The standard InChI is InChI=1S/C24H23N2O4P/c27-23-25(16-20-10-4-1-5-11-20)19-31(29,30-18-22-14-8-3-9-15-22)24(28)26(23)17-21-12-6-2-7-13-21/h1-15H,16-19H2. The van der Waals surface area contributed by atoms with Gasteiger partial charge in [0.1, 0.15) is 6.29 Å². The van der Waals surface area contributed by atoms with Crippen molar-refractivity contribution in [2.45, 2.75) is 19.7 Å². The summed E-state index contributed by atoms with van der Waals surface area (Å²) in [7, 11) is -3.80. The fourth-order valence-corrected chi connectivity index (χ4v) is 5.32. The lowest BCUT2D eigenvalue weighted by Gasteiger charge is -2.38. The van der Waals surface area contributed by atoms with Gasteiger partial charge in [-0.2, -0.15) is 0 Å². The number of imide groups is 1. The molecule has 1 fully saturated rings. The number of rotatable bonds is 7. The highest BCUT2D eigenvalue weighted by Gasteiger charge is 2.48. The van der Waals surface area contributed by atoms with Gasteiger partial charge in [-0.05, 0) is 16.7 Å². The van der Waals surface area contributed by atoms with Crippen LogP contribution in [0.25, 0.3) is 0 Å². The van der Waals surface area contributed by atoms with Crippen molar-refractivity contribution in [3.05, 3.63) is 108 Å². The van der Waals surface area contributed by atoms with E-state index in [9.17, 15) is 14.2 Å². The van der Waals surface area contributed by atoms with E-state index in [-0.39, 0.29) is 26.0 Å². The average molecular weight is 434 g/mol. The van der Waals surface area contributed by atoms with Crippen LogP contribution in [0.1, 0.15) is 16.7 Å². The first-order chi connectivity index (χ1) is 15.0. The van der Waals surface area contributed by atoms with Crippen molar-refractivity contribution in [1.82, 2.24) is 9.80 Å². The summed E-state index contributed by atoms with van der Waals surface area (Å²) in [6, 6.07) is 27.4. The third-order valence-electron chi connectivity index (χ3n) is 5.06. The van der Waals surface area contributed by atoms with Crippen molar-refractivity contribution < 1.29 is 18.7 Å². The van der Waals surface area contributed by atoms with E-state index in [1.807, 2.05) is 91.0 Å². The maximum Gasteiger partial charge on any atom is 0.328 e. The van der Waals surface area contributed by atoms with Crippen LogP contribution >= 0.6 is 7.37 Å². The molecule has 0 spiro atoms. The van der Waals surface area contributed by atoms with Crippen LogP contribution in [0, 0.1) is 0 Å². The Balaban J connectivity index is 1.61. The molecule has 1 unspecified atom stereocenters. The van der Waals surface area contributed by atoms with Gasteiger partial charge in [-0.25, -0.2) is 4.79 Å². The third kappa shape index (κ3) is 4.93. The molecule has 7 heteroatoms. The van der Waals surface area contributed by atoms with E-state index in [1.54, 1.807) is 0 Å². The van der Waals surface area contributed by atoms with Gasteiger partial charge >= 0.3 is 19.0 Å². The third-order valence-corrected chi connectivity index (χ3v) is 7.15. The minimum Gasteiger partial charge on any atom is -0.316 e. The molecule has 0 aromatic heterocycles. The van der Waals surface area contributed by atoms with Crippen LogP contribution in [0.2, 0.25) is 0 Å². The normalized spacial score (nSPS) is 19.0. The van der Waals surface area contributed by atoms with Gasteiger partial charge < -0.3 is 9.42 Å². The fraction of sp³-hybridized carbons (Fsp3) is 0.167. The Bertz CT molecular complexity index is 1090. The van der Waals surface area contributed by atoms with E-state index in [0.29, 0.717) is 0 Å². The predicted octanol–water partition coefficient (Wildman–Crippen LogP) is 5.70. The summed E-state index contributed by atoms with van der Waals surface area (Å²) in [6.45, 7) is 0.329. The van der Waals surface area contributed by atoms with Crippen LogP contribution in [0.4, 0.5) is 9.59 Å². The summed E-state index contributed by atoms with van der Waals surface area (Å²) in [6.07, 6.45) is -0.238. The van der Waals surface area contributed by atoms with Crippen molar-refractivity contribution in [2.24, 2.45) is 0 Å². The van der Waals surface area contributed by atoms with Gasteiger partial charge in [0.2, 0.25) is 0 Å². The minimum atomic E-state index is -3.80. The van der Waals surface area contributed by atoms with Gasteiger partial charge in [0.15, 0.2) is 0 Å². The molecule has 158 valence electrons. The number of amides is 3. The quantitative estimate of drug-likeness (QED) is 0.448. The van der Waals surface area contributed by atoms with E-state index in [4.69, 9.17) is 4.52 Å². The molecule has 0 N–H and O–H groups in total. The molecule has 0 radical (unpaired) electrons. The topological polar surface area (TPSA) is 66.9 Å². The van der Waals surface area contributed by atoms with Gasteiger partial charge in [0.25, 0.3) is 0 Å². The number of carbonyl (C=O) groups excluding carboxylic acids is 2. The lowest BCUT2D eigenvalue weighted by molar-refractivity contribution is 0.149. The lowest BCUT2D eigenvalue weighted by Crippen LogP contribution is -2.50. The maximum absolute atomic E-state index is 13.7. The van der Waals surface area contributed by atoms with Crippen molar-refractivity contribution in [2.75, 3.05) is 6.29 Å².